The van der Waals surface area contributed by atoms with Crippen LogP contribution >= 0.6 is 0 Å². The predicted octanol–water partition coefficient (Wildman–Crippen LogP) is 3.30. The van der Waals surface area contributed by atoms with Crippen LogP contribution in [-0.2, 0) is 0 Å². The van der Waals surface area contributed by atoms with E-state index in [1.807, 2.05) is 19.1 Å². The minimum Gasteiger partial charge on any atom is -0.389 e. The van der Waals surface area contributed by atoms with Crippen molar-refractivity contribution >= 4 is 17.4 Å². The molecule has 5 nitrogen and oxygen atoms in total. The Bertz CT molecular complexity index is 502. The molecule has 1 saturated heterocycles. The number of aliphatic hydroxyl groups is 1. The third kappa shape index (κ3) is 5.43. The molecule has 1 heterocycles. The summed E-state index contributed by atoms with van der Waals surface area (Å²) in [4.78, 5) is 16.3. The number of benzene rings is 1. The molecular weight excluding hydrogens is 290 g/mol. The molecule has 2 rings (SSSR count). The zero-order valence-corrected chi connectivity index (χ0v) is 14.5. The van der Waals surface area contributed by atoms with Gasteiger partial charge in [-0.25, -0.2) is 4.79 Å². The molecule has 1 aliphatic rings. The van der Waals surface area contributed by atoms with Crippen molar-refractivity contribution in [2.24, 2.45) is 0 Å². The van der Waals surface area contributed by atoms with Gasteiger partial charge in [0.2, 0.25) is 0 Å². The van der Waals surface area contributed by atoms with Crippen LogP contribution in [0.15, 0.2) is 24.3 Å². The molecule has 23 heavy (non-hydrogen) atoms. The first-order valence-electron chi connectivity index (χ1n) is 8.52. The first-order valence-corrected chi connectivity index (χ1v) is 8.52. The molecule has 1 aromatic carbocycles. The molecule has 1 aromatic rings. The van der Waals surface area contributed by atoms with Crippen LogP contribution in [0.3, 0.4) is 0 Å². The number of carbonyl (C=O) groups is 1. The Balaban J connectivity index is 1.95. The third-order valence-electron chi connectivity index (χ3n) is 4.09. The first-order chi connectivity index (χ1) is 10.9. The Morgan fingerprint density at radius 3 is 2.35 bits per heavy atom. The summed E-state index contributed by atoms with van der Waals surface area (Å²) in [5.41, 5.74) is 1.10. The molecule has 0 saturated carbocycles. The third-order valence-corrected chi connectivity index (χ3v) is 4.09. The van der Waals surface area contributed by atoms with Gasteiger partial charge in [0.25, 0.3) is 0 Å². The normalized spacial score (nSPS) is 15.4. The maximum Gasteiger partial charge on any atom is 0.321 e. The number of urea groups is 1. The van der Waals surface area contributed by atoms with Gasteiger partial charge >= 0.3 is 6.03 Å². The highest BCUT2D eigenvalue weighted by Gasteiger charge is 2.21. The Hall–Kier alpha value is -1.75. The molecule has 0 unspecified atom stereocenters. The number of amides is 2. The fourth-order valence-electron chi connectivity index (χ4n) is 2.90. The molecular formula is C18H29N3O2. The number of likely N-dealkylation sites (N-methyl/N-ethyl adjacent to an activating group) is 1. The lowest BCUT2D eigenvalue weighted by molar-refractivity contribution is 0.0501. The van der Waals surface area contributed by atoms with Crippen LogP contribution in [0.5, 0.6) is 0 Å². The van der Waals surface area contributed by atoms with E-state index in [1.165, 1.54) is 24.9 Å². The van der Waals surface area contributed by atoms with Gasteiger partial charge in [-0.2, -0.15) is 0 Å². The van der Waals surface area contributed by atoms with Gasteiger partial charge in [-0.05, 0) is 64.3 Å². The van der Waals surface area contributed by atoms with Crippen molar-refractivity contribution in [1.82, 2.24) is 4.90 Å². The van der Waals surface area contributed by atoms with Gasteiger partial charge < -0.3 is 20.2 Å². The van der Waals surface area contributed by atoms with E-state index >= 15 is 0 Å². The van der Waals surface area contributed by atoms with Crippen LogP contribution in [0.4, 0.5) is 16.2 Å². The van der Waals surface area contributed by atoms with Crippen molar-refractivity contribution in [3.8, 4) is 0 Å². The highest BCUT2D eigenvalue weighted by molar-refractivity contribution is 5.89. The summed E-state index contributed by atoms with van der Waals surface area (Å²) in [7, 11) is 0. The van der Waals surface area contributed by atoms with Crippen LogP contribution in [-0.4, -0.2) is 47.8 Å². The van der Waals surface area contributed by atoms with Crippen LogP contribution < -0.4 is 10.2 Å². The second kappa shape index (κ2) is 7.68. The number of anilines is 2. The monoisotopic (exact) mass is 319 g/mol. The minimum absolute atomic E-state index is 0.180. The smallest absolute Gasteiger partial charge is 0.321 e. The van der Waals surface area contributed by atoms with Gasteiger partial charge in [0.15, 0.2) is 0 Å². The summed E-state index contributed by atoms with van der Waals surface area (Å²) in [5, 5.41) is 12.8. The van der Waals surface area contributed by atoms with Gasteiger partial charge in [0, 0.05) is 31.0 Å². The molecule has 0 spiro atoms. The van der Waals surface area contributed by atoms with Crippen LogP contribution in [0, 0.1) is 0 Å². The van der Waals surface area contributed by atoms with E-state index in [0.29, 0.717) is 13.1 Å². The molecule has 0 aliphatic carbocycles. The summed E-state index contributed by atoms with van der Waals surface area (Å²) in [6.45, 7) is 8.40. The number of nitrogens with one attached hydrogen (secondary N) is 1. The SMILES string of the molecule is CCN(CC(C)(C)O)C(=O)Nc1ccc(N2CCCCC2)cc1. The lowest BCUT2D eigenvalue weighted by Gasteiger charge is -2.29. The highest BCUT2D eigenvalue weighted by atomic mass is 16.3. The largest absolute Gasteiger partial charge is 0.389 e. The standard InChI is InChI=1S/C18H29N3O2/c1-4-20(14-18(2,3)23)17(22)19-15-8-10-16(11-9-15)21-12-6-5-7-13-21/h8-11,23H,4-7,12-14H2,1-3H3,(H,19,22). The number of nitrogens with zero attached hydrogens (tertiary/aromatic N) is 2. The molecule has 0 aromatic heterocycles. The van der Waals surface area contributed by atoms with Crippen molar-refractivity contribution in [1.29, 1.82) is 0 Å². The van der Waals surface area contributed by atoms with Crippen molar-refractivity contribution in [2.45, 2.75) is 45.6 Å². The van der Waals surface area contributed by atoms with Crippen LogP contribution in [0.25, 0.3) is 0 Å². The summed E-state index contributed by atoms with van der Waals surface area (Å²) in [5.74, 6) is 0. The second-order valence-electron chi connectivity index (χ2n) is 6.85. The van der Waals surface area contributed by atoms with Crippen LogP contribution in [0.1, 0.15) is 40.0 Å². The lowest BCUT2D eigenvalue weighted by Crippen LogP contribution is -2.44. The quantitative estimate of drug-likeness (QED) is 0.875. The van der Waals surface area contributed by atoms with E-state index in [4.69, 9.17) is 0 Å². The Morgan fingerprint density at radius 2 is 1.83 bits per heavy atom. The van der Waals surface area contributed by atoms with Gasteiger partial charge in [-0.1, -0.05) is 0 Å². The molecule has 0 radical (unpaired) electrons. The second-order valence-corrected chi connectivity index (χ2v) is 6.85. The molecule has 0 atom stereocenters. The molecule has 1 fully saturated rings. The van der Waals surface area contributed by atoms with Gasteiger partial charge in [0.1, 0.15) is 0 Å². The Labute approximate surface area is 139 Å². The van der Waals surface area contributed by atoms with Gasteiger partial charge in [0.05, 0.1) is 12.1 Å². The van der Waals surface area contributed by atoms with Crippen molar-refractivity contribution in [2.75, 3.05) is 36.4 Å². The number of rotatable bonds is 5. The number of carbonyl (C=O) groups excluding carboxylic acids is 1. The lowest BCUT2D eigenvalue weighted by atomic mass is 10.1. The number of hydrogen-bond acceptors (Lipinski definition) is 3. The van der Waals surface area contributed by atoms with Crippen molar-refractivity contribution in [3.63, 3.8) is 0 Å². The minimum atomic E-state index is -0.897. The molecule has 1 aliphatic heterocycles. The topological polar surface area (TPSA) is 55.8 Å². The molecule has 128 valence electrons. The average Bonchev–Trinajstić information content (AvgIpc) is 2.53. The Kier molecular flexibility index (Phi) is 5.88. The van der Waals surface area contributed by atoms with Gasteiger partial charge in [-0.3, -0.25) is 0 Å². The fourth-order valence-corrected chi connectivity index (χ4v) is 2.90. The van der Waals surface area contributed by atoms with E-state index in [9.17, 15) is 9.90 Å². The van der Waals surface area contributed by atoms with E-state index in [0.717, 1.165) is 18.8 Å². The predicted molar refractivity (Wildman–Crippen MR) is 95.1 cm³/mol. The molecule has 5 heteroatoms. The summed E-state index contributed by atoms with van der Waals surface area (Å²) in [6, 6.07) is 7.83. The zero-order chi connectivity index (χ0) is 16.9. The van der Waals surface area contributed by atoms with E-state index in [-0.39, 0.29) is 6.03 Å². The van der Waals surface area contributed by atoms with Crippen molar-refractivity contribution in [3.05, 3.63) is 24.3 Å². The van der Waals surface area contributed by atoms with Crippen LogP contribution in [0.2, 0.25) is 0 Å². The summed E-state index contributed by atoms with van der Waals surface area (Å²) < 4.78 is 0. The van der Waals surface area contributed by atoms with E-state index in [2.05, 4.69) is 22.3 Å². The zero-order valence-electron chi connectivity index (χ0n) is 14.5. The number of hydrogen-bond donors (Lipinski definition) is 2. The fraction of sp³-hybridized carbons (Fsp3) is 0.611. The molecule has 2 N–H and O–H groups in total. The summed E-state index contributed by atoms with van der Waals surface area (Å²) in [6.07, 6.45) is 3.82. The van der Waals surface area contributed by atoms with E-state index < -0.39 is 5.60 Å². The maximum absolute atomic E-state index is 12.3. The Morgan fingerprint density at radius 1 is 1.22 bits per heavy atom. The highest BCUT2D eigenvalue weighted by Crippen LogP contribution is 2.22. The van der Waals surface area contributed by atoms with Gasteiger partial charge in [-0.15, -0.1) is 0 Å². The van der Waals surface area contributed by atoms with E-state index in [1.54, 1.807) is 18.7 Å². The molecule has 0 bridgehead atoms. The summed E-state index contributed by atoms with van der Waals surface area (Å²) >= 11 is 0. The average molecular weight is 319 g/mol. The first kappa shape index (κ1) is 17.6. The molecule has 2 amide bonds. The number of piperidine rings is 1. The maximum atomic E-state index is 12.3. The van der Waals surface area contributed by atoms with Crippen molar-refractivity contribution < 1.29 is 9.90 Å².